The number of β-lactam (4-membered cyclic amide) rings is 1. The number of furan rings is 1. The van der Waals surface area contributed by atoms with E-state index in [-0.39, 0.29) is 79.6 Å². The van der Waals surface area contributed by atoms with Crippen LogP contribution in [0.2, 0.25) is 0 Å². The van der Waals surface area contributed by atoms with Crippen LogP contribution < -0.4 is 45.7 Å². The van der Waals surface area contributed by atoms with Crippen LogP contribution >= 0.6 is 34.9 Å². The number of thiazole rings is 1. The van der Waals surface area contributed by atoms with Gasteiger partial charge in [0.05, 0.1) is 17.9 Å². The maximum absolute atomic E-state index is 12.8. The summed E-state index contributed by atoms with van der Waals surface area (Å²) < 4.78 is 5.04. The monoisotopic (exact) mass is 563 g/mol. The Bertz CT molecular complexity index is 1220. The minimum absolute atomic E-state index is 0. The number of aliphatic carboxylic acids is 1. The van der Waals surface area contributed by atoms with Gasteiger partial charge in [0.2, 0.25) is 0 Å². The molecule has 0 saturated carbocycles. The number of carbonyl (C=O) groups excluding carboxylic acids is 4. The van der Waals surface area contributed by atoms with Crippen LogP contribution in [0.5, 0.6) is 0 Å². The number of thioether (sulfide) groups is 2. The number of carbonyl (C=O) groups is 4. The molecule has 2 aromatic rings. The molecule has 2 aliphatic heterocycles. The molecule has 4 heterocycles. The standard InChI is InChI=1S/C19H17N5O7S3.Na.H2O/c1-30-23-11(9-7-34-19(20)21-9)14(25)22-12-15(26)24-13(17(27)28)8(5-32-16(12)24)6-33-18(29)10-3-2-4-31-10;;/h2-4,7,12,16H,5-6H2,1H3,(H2,20,21)(H,22,25)(H,27,28);;1H2/q;+1;/p-1/b23-11-;;. The van der Waals surface area contributed by atoms with E-state index in [1.165, 1.54) is 36.6 Å². The molecule has 1 fully saturated rings. The third-order valence-electron chi connectivity index (χ3n) is 4.79. The van der Waals surface area contributed by atoms with Gasteiger partial charge in [-0.1, -0.05) is 16.9 Å². The van der Waals surface area contributed by atoms with E-state index in [0.29, 0.717) is 5.57 Å². The maximum atomic E-state index is 12.8. The van der Waals surface area contributed by atoms with Crippen molar-refractivity contribution < 1.29 is 68.6 Å². The molecule has 17 heteroatoms. The Morgan fingerprint density at radius 2 is 2.19 bits per heavy atom. The van der Waals surface area contributed by atoms with E-state index in [0.717, 1.165) is 28.0 Å². The quantitative estimate of drug-likeness (QED) is 0.136. The summed E-state index contributed by atoms with van der Waals surface area (Å²) >= 11 is 3.22. The van der Waals surface area contributed by atoms with Gasteiger partial charge < -0.3 is 35.7 Å². The molecular weight excluding hydrogens is 545 g/mol. The van der Waals surface area contributed by atoms with Crippen molar-refractivity contribution in [1.82, 2.24) is 15.2 Å². The predicted molar refractivity (Wildman–Crippen MR) is 126 cm³/mol. The number of rotatable bonds is 8. The van der Waals surface area contributed by atoms with Crippen LogP contribution in [0.4, 0.5) is 5.13 Å². The number of carboxylic acids is 1. The molecule has 0 spiro atoms. The molecule has 5 N–H and O–H groups in total. The van der Waals surface area contributed by atoms with Crippen molar-refractivity contribution in [1.29, 1.82) is 0 Å². The Kier molecular flexibility index (Phi) is 10.6. The van der Waals surface area contributed by atoms with Crippen LogP contribution in [0.15, 0.2) is 44.6 Å². The third-order valence-corrected chi connectivity index (χ3v) is 7.76. The average Bonchev–Trinajstić information content (AvgIpc) is 3.50. The molecule has 36 heavy (non-hydrogen) atoms. The van der Waals surface area contributed by atoms with Crippen molar-refractivity contribution in [2.24, 2.45) is 5.16 Å². The normalized spacial score (nSPS) is 18.9. The summed E-state index contributed by atoms with van der Waals surface area (Å²) in [5, 5.41) is 18.8. The van der Waals surface area contributed by atoms with Crippen LogP contribution in [0, 0.1) is 0 Å². The van der Waals surface area contributed by atoms with Gasteiger partial charge >= 0.3 is 29.6 Å². The fraction of sp³-hybridized carbons (Fsp3) is 0.263. The Balaban J connectivity index is 0.00000228. The molecule has 2 aromatic heterocycles. The van der Waals surface area contributed by atoms with Gasteiger partial charge in [-0.05, 0) is 17.7 Å². The molecule has 186 valence electrons. The molecule has 0 bridgehead atoms. The number of carboxylic acid groups (broad SMARTS) is 1. The maximum Gasteiger partial charge on any atom is 1.00 e. The second kappa shape index (κ2) is 12.8. The van der Waals surface area contributed by atoms with E-state index < -0.39 is 29.2 Å². The summed E-state index contributed by atoms with van der Waals surface area (Å²) in [7, 11) is 1.25. The largest absolute Gasteiger partial charge is 1.00 e. The first-order valence-corrected chi connectivity index (χ1v) is 12.4. The Morgan fingerprint density at radius 3 is 2.78 bits per heavy atom. The molecule has 0 aromatic carbocycles. The molecular formula is C19H18N5NaO8S3. The van der Waals surface area contributed by atoms with Gasteiger partial charge in [0.25, 0.3) is 16.9 Å². The molecule has 4 rings (SSSR count). The molecule has 2 amide bonds. The average molecular weight is 564 g/mol. The minimum atomic E-state index is -1.54. The molecule has 0 radical (unpaired) electrons. The zero-order valence-corrected chi connectivity index (χ0v) is 23.3. The smallest absolute Gasteiger partial charge is 0.543 e. The van der Waals surface area contributed by atoms with Gasteiger partial charge in [0, 0.05) is 16.9 Å². The van der Waals surface area contributed by atoms with Crippen molar-refractivity contribution in [2.45, 2.75) is 11.4 Å². The number of nitrogens with one attached hydrogen (secondary N) is 1. The summed E-state index contributed by atoms with van der Waals surface area (Å²) in [6.07, 6.45) is 1.36. The summed E-state index contributed by atoms with van der Waals surface area (Å²) in [6, 6.07) is 2.08. The number of fused-ring (bicyclic) bond motifs is 1. The van der Waals surface area contributed by atoms with Crippen LogP contribution in [-0.2, 0) is 19.2 Å². The van der Waals surface area contributed by atoms with Gasteiger partial charge in [0.15, 0.2) is 16.6 Å². The van der Waals surface area contributed by atoms with Gasteiger partial charge in [-0.2, -0.15) is 0 Å². The first-order chi connectivity index (χ1) is 16.3. The van der Waals surface area contributed by atoms with Crippen molar-refractivity contribution in [2.75, 3.05) is 24.3 Å². The van der Waals surface area contributed by atoms with Crippen molar-refractivity contribution >= 4 is 68.6 Å². The molecule has 2 aliphatic rings. The topological polar surface area (TPSA) is 212 Å². The van der Waals surface area contributed by atoms with Crippen molar-refractivity contribution in [3.05, 3.63) is 46.5 Å². The number of nitrogens with two attached hydrogens (primary N) is 1. The van der Waals surface area contributed by atoms with E-state index >= 15 is 0 Å². The Hall–Kier alpha value is -2.34. The summed E-state index contributed by atoms with van der Waals surface area (Å²) in [6.45, 7) is 0. The number of nitrogen functional groups attached to an aromatic ring is 1. The molecule has 2 unspecified atom stereocenters. The fourth-order valence-corrected chi connectivity index (χ4v) is 6.13. The summed E-state index contributed by atoms with van der Waals surface area (Å²) in [5.41, 5.74) is 5.68. The van der Waals surface area contributed by atoms with Gasteiger partial charge in [-0.15, -0.1) is 23.1 Å². The van der Waals surface area contributed by atoms with E-state index in [2.05, 4.69) is 15.5 Å². The summed E-state index contributed by atoms with van der Waals surface area (Å²) in [4.78, 5) is 59.4. The summed E-state index contributed by atoms with van der Waals surface area (Å²) in [5.74, 6) is -2.48. The number of anilines is 1. The van der Waals surface area contributed by atoms with E-state index in [1.807, 2.05) is 0 Å². The van der Waals surface area contributed by atoms with Crippen LogP contribution in [0.3, 0.4) is 0 Å². The van der Waals surface area contributed by atoms with Crippen LogP contribution in [0.25, 0.3) is 0 Å². The fourth-order valence-electron chi connectivity index (χ4n) is 3.30. The van der Waals surface area contributed by atoms with Gasteiger partial charge in [0.1, 0.15) is 24.2 Å². The van der Waals surface area contributed by atoms with Gasteiger partial charge in [-0.3, -0.25) is 19.3 Å². The second-order valence-electron chi connectivity index (χ2n) is 6.85. The Labute approximate surface area is 238 Å². The SMILES string of the molecule is CO/N=C(\C(=O)NC1C(=O)N2C(C(=O)[O-])=C(CSC(=O)c3ccco3)CSC12)c1csc(N)n1.O.[Na+]. The van der Waals surface area contributed by atoms with E-state index in [4.69, 9.17) is 15.0 Å². The third kappa shape index (κ3) is 5.96. The number of hydrogen-bond acceptors (Lipinski definition) is 13. The molecule has 0 aliphatic carbocycles. The van der Waals surface area contributed by atoms with Crippen LogP contribution in [0.1, 0.15) is 16.2 Å². The first kappa shape index (κ1) is 29.9. The van der Waals surface area contributed by atoms with E-state index in [9.17, 15) is 24.3 Å². The first-order valence-electron chi connectivity index (χ1n) is 9.53. The Morgan fingerprint density at radius 1 is 1.44 bits per heavy atom. The van der Waals surface area contributed by atoms with Gasteiger partial charge in [-0.25, -0.2) is 4.98 Å². The second-order valence-corrected chi connectivity index (χ2v) is 9.79. The number of oxime groups is 1. The van der Waals surface area contributed by atoms with Crippen molar-refractivity contribution in [3.63, 3.8) is 0 Å². The number of aromatic nitrogens is 1. The predicted octanol–water partition coefficient (Wildman–Crippen LogP) is -4.17. The molecule has 2 atom stereocenters. The zero-order valence-electron chi connectivity index (χ0n) is 18.9. The van der Waals surface area contributed by atoms with Crippen molar-refractivity contribution in [3.8, 4) is 0 Å². The number of nitrogens with zero attached hydrogens (tertiary/aromatic N) is 3. The number of amides is 2. The number of hydrogen-bond donors (Lipinski definition) is 2. The van der Waals surface area contributed by atoms with E-state index in [1.54, 1.807) is 6.07 Å². The molecule has 13 nitrogen and oxygen atoms in total. The zero-order chi connectivity index (χ0) is 24.4. The van der Waals surface area contributed by atoms with Crippen LogP contribution in [-0.4, -0.2) is 74.0 Å². The molecule has 1 saturated heterocycles. The minimum Gasteiger partial charge on any atom is -0.543 e.